The number of piperidine rings is 1. The van der Waals surface area contributed by atoms with Gasteiger partial charge in [0, 0.05) is 43.3 Å². The first kappa shape index (κ1) is 16.9. The summed E-state index contributed by atoms with van der Waals surface area (Å²) < 4.78 is 0. The van der Waals surface area contributed by atoms with Crippen LogP contribution in [0.2, 0.25) is 0 Å². The Morgan fingerprint density at radius 3 is 2.58 bits per heavy atom. The highest BCUT2D eigenvalue weighted by molar-refractivity contribution is 7.13. The van der Waals surface area contributed by atoms with E-state index < -0.39 is 0 Å². The predicted octanol–water partition coefficient (Wildman–Crippen LogP) is 3.68. The number of rotatable bonds is 5. The second-order valence-electron chi connectivity index (χ2n) is 5.97. The summed E-state index contributed by atoms with van der Waals surface area (Å²) in [4.78, 5) is 25.6. The van der Waals surface area contributed by atoms with Crippen LogP contribution in [0.5, 0.6) is 0 Å². The lowest BCUT2D eigenvalue weighted by Gasteiger charge is -2.27. The third-order valence-corrected chi connectivity index (χ3v) is 5.34. The molecule has 0 N–H and O–H groups in total. The maximum Gasteiger partial charge on any atom is 0.273 e. The van der Waals surface area contributed by atoms with Crippen LogP contribution < -0.4 is 4.90 Å². The lowest BCUT2D eigenvalue weighted by molar-refractivity contribution is 0.0768. The summed E-state index contributed by atoms with van der Waals surface area (Å²) in [6, 6.07) is 4.12. The molecular formula is C18H24N4OS. The zero-order chi connectivity index (χ0) is 16.9. The molecule has 5 nitrogen and oxygen atoms in total. The van der Waals surface area contributed by atoms with Gasteiger partial charge in [-0.1, -0.05) is 0 Å². The molecule has 1 aliphatic rings. The molecular weight excluding hydrogens is 320 g/mol. The van der Waals surface area contributed by atoms with Gasteiger partial charge in [0.05, 0.1) is 0 Å². The van der Waals surface area contributed by atoms with E-state index in [1.54, 1.807) is 4.90 Å². The largest absolute Gasteiger partial charge is 0.357 e. The number of carbonyl (C=O) groups is 1. The molecule has 2 aromatic rings. The van der Waals surface area contributed by atoms with E-state index in [0.717, 1.165) is 29.5 Å². The van der Waals surface area contributed by atoms with Crippen molar-refractivity contribution in [3.63, 3.8) is 0 Å². The number of hydrogen-bond acceptors (Lipinski definition) is 5. The number of anilines is 1. The standard InChI is InChI=1S/C18H24N4OS/c1-3-21(4-2)18(23)15-13-24-17(20-15)14-8-9-16(19-12-14)22-10-6-5-7-11-22/h8-9,12-13H,3-7,10-11H2,1-2H3. The molecule has 1 amide bonds. The van der Waals surface area contributed by atoms with Gasteiger partial charge in [0.1, 0.15) is 16.5 Å². The van der Waals surface area contributed by atoms with Gasteiger partial charge in [-0.2, -0.15) is 0 Å². The van der Waals surface area contributed by atoms with Gasteiger partial charge in [-0.3, -0.25) is 4.79 Å². The lowest BCUT2D eigenvalue weighted by Crippen LogP contribution is -2.30. The Morgan fingerprint density at radius 2 is 1.96 bits per heavy atom. The van der Waals surface area contributed by atoms with Gasteiger partial charge in [0.15, 0.2) is 0 Å². The minimum absolute atomic E-state index is 0.000367. The molecule has 0 bridgehead atoms. The molecule has 1 fully saturated rings. The summed E-state index contributed by atoms with van der Waals surface area (Å²) in [6.45, 7) is 7.55. The molecule has 24 heavy (non-hydrogen) atoms. The van der Waals surface area contributed by atoms with E-state index in [0.29, 0.717) is 18.8 Å². The average Bonchev–Trinajstić information content (AvgIpc) is 3.14. The van der Waals surface area contributed by atoms with Crippen LogP contribution >= 0.6 is 11.3 Å². The average molecular weight is 344 g/mol. The van der Waals surface area contributed by atoms with Crippen LogP contribution in [0.25, 0.3) is 10.6 Å². The van der Waals surface area contributed by atoms with Crippen molar-refractivity contribution in [1.29, 1.82) is 0 Å². The van der Waals surface area contributed by atoms with Crippen molar-refractivity contribution >= 4 is 23.1 Å². The number of aromatic nitrogens is 2. The molecule has 0 saturated carbocycles. The van der Waals surface area contributed by atoms with Crippen LogP contribution in [0.1, 0.15) is 43.6 Å². The number of carbonyl (C=O) groups excluding carboxylic acids is 1. The number of pyridine rings is 1. The first-order valence-electron chi connectivity index (χ1n) is 8.69. The van der Waals surface area contributed by atoms with E-state index in [1.807, 2.05) is 25.4 Å². The number of nitrogens with zero attached hydrogens (tertiary/aromatic N) is 4. The van der Waals surface area contributed by atoms with Crippen molar-refractivity contribution < 1.29 is 4.79 Å². The molecule has 0 unspecified atom stereocenters. The first-order chi connectivity index (χ1) is 11.7. The first-order valence-corrected chi connectivity index (χ1v) is 9.57. The molecule has 1 aliphatic heterocycles. The Kier molecular flexibility index (Phi) is 5.45. The zero-order valence-corrected chi connectivity index (χ0v) is 15.2. The summed E-state index contributed by atoms with van der Waals surface area (Å²) in [5, 5.41) is 2.69. The molecule has 0 aliphatic carbocycles. The molecule has 0 radical (unpaired) electrons. The maximum atomic E-state index is 12.4. The molecule has 3 heterocycles. The van der Waals surface area contributed by atoms with Crippen LogP contribution in [0, 0.1) is 0 Å². The molecule has 3 rings (SSSR count). The zero-order valence-electron chi connectivity index (χ0n) is 14.4. The maximum absolute atomic E-state index is 12.4. The molecule has 0 atom stereocenters. The minimum Gasteiger partial charge on any atom is -0.357 e. The van der Waals surface area contributed by atoms with E-state index >= 15 is 0 Å². The van der Waals surface area contributed by atoms with Gasteiger partial charge in [0.25, 0.3) is 5.91 Å². The van der Waals surface area contributed by atoms with E-state index in [-0.39, 0.29) is 5.91 Å². The Labute approximate surface area is 147 Å². The van der Waals surface area contributed by atoms with Crippen molar-refractivity contribution in [2.75, 3.05) is 31.1 Å². The molecule has 128 valence electrons. The molecule has 1 saturated heterocycles. The highest BCUT2D eigenvalue weighted by atomic mass is 32.1. The Morgan fingerprint density at radius 1 is 1.21 bits per heavy atom. The number of thiazole rings is 1. The van der Waals surface area contributed by atoms with Crippen LogP contribution in [0.4, 0.5) is 5.82 Å². The molecule has 0 aromatic carbocycles. The third kappa shape index (κ3) is 3.59. The van der Waals surface area contributed by atoms with Crippen LogP contribution in [0.15, 0.2) is 23.7 Å². The normalized spacial score (nSPS) is 14.7. The second kappa shape index (κ2) is 7.75. The van der Waals surface area contributed by atoms with Crippen LogP contribution in [0.3, 0.4) is 0 Å². The highest BCUT2D eigenvalue weighted by Crippen LogP contribution is 2.26. The van der Waals surface area contributed by atoms with Crippen molar-refractivity contribution in [3.05, 3.63) is 29.4 Å². The van der Waals surface area contributed by atoms with Crippen molar-refractivity contribution in [3.8, 4) is 10.6 Å². The van der Waals surface area contributed by atoms with Gasteiger partial charge < -0.3 is 9.80 Å². The van der Waals surface area contributed by atoms with Crippen LogP contribution in [-0.4, -0.2) is 47.0 Å². The smallest absolute Gasteiger partial charge is 0.273 e. The fourth-order valence-corrected chi connectivity index (χ4v) is 3.78. The predicted molar refractivity (Wildman–Crippen MR) is 98.7 cm³/mol. The van der Waals surface area contributed by atoms with Crippen molar-refractivity contribution in [1.82, 2.24) is 14.9 Å². The third-order valence-electron chi connectivity index (χ3n) is 4.45. The fourth-order valence-electron chi connectivity index (χ4n) is 3.00. The van der Waals surface area contributed by atoms with E-state index in [4.69, 9.17) is 0 Å². The van der Waals surface area contributed by atoms with Crippen molar-refractivity contribution in [2.24, 2.45) is 0 Å². The molecule has 6 heteroatoms. The van der Waals surface area contributed by atoms with Gasteiger partial charge >= 0.3 is 0 Å². The van der Waals surface area contributed by atoms with Gasteiger partial charge in [-0.15, -0.1) is 11.3 Å². The summed E-state index contributed by atoms with van der Waals surface area (Å²) in [6.07, 6.45) is 5.67. The summed E-state index contributed by atoms with van der Waals surface area (Å²) in [5.74, 6) is 1.04. The molecule has 2 aromatic heterocycles. The Hall–Kier alpha value is -1.95. The van der Waals surface area contributed by atoms with E-state index in [9.17, 15) is 4.79 Å². The minimum atomic E-state index is 0.000367. The van der Waals surface area contributed by atoms with E-state index in [1.165, 1.54) is 30.6 Å². The summed E-state index contributed by atoms with van der Waals surface area (Å²) >= 11 is 1.50. The van der Waals surface area contributed by atoms with Gasteiger partial charge in [-0.05, 0) is 45.2 Å². The van der Waals surface area contributed by atoms with Crippen molar-refractivity contribution in [2.45, 2.75) is 33.1 Å². The van der Waals surface area contributed by atoms with Crippen LogP contribution in [-0.2, 0) is 0 Å². The Bertz CT molecular complexity index is 673. The van der Waals surface area contributed by atoms with E-state index in [2.05, 4.69) is 27.0 Å². The fraction of sp³-hybridized carbons (Fsp3) is 0.500. The summed E-state index contributed by atoms with van der Waals surface area (Å²) in [7, 11) is 0. The van der Waals surface area contributed by atoms with Gasteiger partial charge in [0.2, 0.25) is 0 Å². The SMILES string of the molecule is CCN(CC)C(=O)c1csc(-c2ccc(N3CCCCC3)nc2)n1. The lowest BCUT2D eigenvalue weighted by atomic mass is 10.1. The monoisotopic (exact) mass is 344 g/mol. The van der Waals surface area contributed by atoms with Gasteiger partial charge in [-0.25, -0.2) is 9.97 Å². The number of amides is 1. The number of hydrogen-bond donors (Lipinski definition) is 0. The Balaban J connectivity index is 1.74. The highest BCUT2D eigenvalue weighted by Gasteiger charge is 2.17. The topological polar surface area (TPSA) is 49.3 Å². The quantitative estimate of drug-likeness (QED) is 0.830. The second-order valence-corrected chi connectivity index (χ2v) is 6.83. The molecule has 0 spiro atoms. The summed E-state index contributed by atoms with van der Waals surface area (Å²) in [5.41, 5.74) is 1.50.